The molecular formula is C12H17F3N2. The maximum atomic E-state index is 12.1. The van der Waals surface area contributed by atoms with Crippen LogP contribution in [0.2, 0.25) is 0 Å². The molecule has 5 heteroatoms. The highest BCUT2D eigenvalue weighted by atomic mass is 19.4. The number of alkyl halides is 3. The normalized spacial score (nSPS) is 13.7. The quantitative estimate of drug-likeness (QED) is 0.619. The third-order valence-corrected chi connectivity index (χ3v) is 2.58. The fourth-order valence-corrected chi connectivity index (χ4v) is 1.71. The highest BCUT2D eigenvalue weighted by Gasteiger charge is 2.28. The Bertz CT molecular complexity index is 350. The van der Waals surface area contributed by atoms with Crippen LogP contribution < -0.4 is 11.3 Å². The molecule has 0 spiro atoms. The van der Waals surface area contributed by atoms with E-state index in [0.29, 0.717) is 6.42 Å². The summed E-state index contributed by atoms with van der Waals surface area (Å²) >= 11 is 0. The Morgan fingerprint density at radius 1 is 1.35 bits per heavy atom. The fourth-order valence-electron chi connectivity index (χ4n) is 1.71. The van der Waals surface area contributed by atoms with Gasteiger partial charge in [-0.15, -0.1) is 0 Å². The third-order valence-electron chi connectivity index (χ3n) is 2.58. The third kappa shape index (κ3) is 5.70. The van der Waals surface area contributed by atoms with Gasteiger partial charge in [-0.2, -0.15) is 13.2 Å². The molecule has 0 radical (unpaired) electrons. The zero-order chi connectivity index (χ0) is 12.9. The van der Waals surface area contributed by atoms with Crippen LogP contribution in [-0.4, -0.2) is 12.2 Å². The van der Waals surface area contributed by atoms with Crippen LogP contribution in [0.5, 0.6) is 0 Å². The molecule has 1 rings (SSSR count). The second-order valence-electron chi connectivity index (χ2n) is 4.21. The van der Waals surface area contributed by atoms with Gasteiger partial charge >= 0.3 is 6.18 Å². The van der Waals surface area contributed by atoms with Crippen molar-refractivity contribution in [2.75, 3.05) is 0 Å². The van der Waals surface area contributed by atoms with Crippen molar-refractivity contribution in [1.29, 1.82) is 0 Å². The van der Waals surface area contributed by atoms with Crippen molar-refractivity contribution in [2.45, 2.75) is 38.4 Å². The van der Waals surface area contributed by atoms with Crippen LogP contribution in [-0.2, 0) is 6.42 Å². The first-order valence-corrected chi connectivity index (χ1v) is 5.49. The van der Waals surface area contributed by atoms with E-state index >= 15 is 0 Å². The van der Waals surface area contributed by atoms with E-state index in [4.69, 9.17) is 5.84 Å². The number of hydrogen-bond donors (Lipinski definition) is 2. The smallest absolute Gasteiger partial charge is 0.271 e. The van der Waals surface area contributed by atoms with Crippen LogP contribution in [0.3, 0.4) is 0 Å². The van der Waals surface area contributed by atoms with Crippen molar-refractivity contribution in [3.8, 4) is 0 Å². The van der Waals surface area contributed by atoms with Gasteiger partial charge in [0.1, 0.15) is 0 Å². The minimum Gasteiger partial charge on any atom is -0.271 e. The first kappa shape index (κ1) is 14.0. The van der Waals surface area contributed by atoms with Gasteiger partial charge in [0.05, 0.1) is 0 Å². The molecule has 0 aromatic heterocycles. The molecule has 0 aliphatic rings. The standard InChI is InChI=1S/C12H17F3N2/c1-9-3-2-4-10(7-9)8-11(17-16)5-6-12(13,14)15/h2-4,7,11,17H,5-6,8,16H2,1H3. The van der Waals surface area contributed by atoms with E-state index in [1.54, 1.807) is 0 Å². The number of rotatable bonds is 5. The number of nitrogens with one attached hydrogen (secondary N) is 1. The molecule has 0 aliphatic heterocycles. The average Bonchev–Trinajstić information content (AvgIpc) is 2.23. The molecule has 1 unspecified atom stereocenters. The summed E-state index contributed by atoms with van der Waals surface area (Å²) in [5, 5.41) is 0. The summed E-state index contributed by atoms with van der Waals surface area (Å²) in [6.07, 6.45) is -4.43. The van der Waals surface area contributed by atoms with E-state index in [1.807, 2.05) is 31.2 Å². The highest BCUT2D eigenvalue weighted by molar-refractivity contribution is 5.22. The summed E-state index contributed by atoms with van der Waals surface area (Å²) in [6.45, 7) is 1.95. The van der Waals surface area contributed by atoms with Gasteiger partial charge in [0.15, 0.2) is 0 Å². The van der Waals surface area contributed by atoms with E-state index in [-0.39, 0.29) is 12.5 Å². The molecule has 1 aromatic carbocycles. The number of benzene rings is 1. The van der Waals surface area contributed by atoms with Crippen molar-refractivity contribution >= 4 is 0 Å². The number of aryl methyl sites for hydroxylation is 1. The summed E-state index contributed by atoms with van der Waals surface area (Å²) in [5.74, 6) is 5.27. The summed E-state index contributed by atoms with van der Waals surface area (Å²) in [7, 11) is 0. The molecule has 2 nitrogen and oxygen atoms in total. The molecule has 96 valence electrons. The predicted molar refractivity (Wildman–Crippen MR) is 61.3 cm³/mol. The van der Waals surface area contributed by atoms with Gasteiger partial charge in [0, 0.05) is 12.5 Å². The summed E-state index contributed by atoms with van der Waals surface area (Å²) in [5.41, 5.74) is 4.53. The lowest BCUT2D eigenvalue weighted by Crippen LogP contribution is -2.37. The monoisotopic (exact) mass is 246 g/mol. The topological polar surface area (TPSA) is 38.0 Å². The zero-order valence-corrected chi connectivity index (χ0v) is 9.72. The van der Waals surface area contributed by atoms with E-state index < -0.39 is 12.6 Å². The lowest BCUT2D eigenvalue weighted by atomic mass is 10.0. The number of halogens is 3. The number of nitrogens with two attached hydrogens (primary N) is 1. The Hall–Kier alpha value is -1.07. The Balaban J connectivity index is 2.52. The predicted octanol–water partition coefficient (Wildman–Crippen LogP) is 2.71. The van der Waals surface area contributed by atoms with E-state index in [1.165, 1.54) is 0 Å². The Kier molecular flexibility index (Phi) is 4.96. The number of hydrazine groups is 1. The van der Waals surface area contributed by atoms with Gasteiger partial charge in [-0.05, 0) is 25.3 Å². The summed E-state index contributed by atoms with van der Waals surface area (Å²) < 4.78 is 36.3. The minimum atomic E-state index is -4.12. The zero-order valence-electron chi connectivity index (χ0n) is 9.72. The molecule has 0 saturated carbocycles. The molecule has 0 bridgehead atoms. The molecule has 3 N–H and O–H groups in total. The lowest BCUT2D eigenvalue weighted by molar-refractivity contribution is -0.136. The Labute approximate surface area is 99.0 Å². The molecule has 0 fully saturated rings. The lowest BCUT2D eigenvalue weighted by Gasteiger charge is -2.17. The Morgan fingerprint density at radius 2 is 2.06 bits per heavy atom. The molecular weight excluding hydrogens is 229 g/mol. The van der Waals surface area contributed by atoms with Crippen molar-refractivity contribution in [1.82, 2.24) is 5.43 Å². The molecule has 0 saturated heterocycles. The van der Waals surface area contributed by atoms with Crippen LogP contribution in [0.1, 0.15) is 24.0 Å². The fraction of sp³-hybridized carbons (Fsp3) is 0.500. The molecule has 0 aliphatic carbocycles. The van der Waals surface area contributed by atoms with Crippen LogP contribution >= 0.6 is 0 Å². The van der Waals surface area contributed by atoms with E-state index in [0.717, 1.165) is 11.1 Å². The van der Waals surface area contributed by atoms with E-state index in [2.05, 4.69) is 5.43 Å². The van der Waals surface area contributed by atoms with Gasteiger partial charge in [0.2, 0.25) is 0 Å². The highest BCUT2D eigenvalue weighted by Crippen LogP contribution is 2.23. The van der Waals surface area contributed by atoms with E-state index in [9.17, 15) is 13.2 Å². The summed E-state index contributed by atoms with van der Waals surface area (Å²) in [6, 6.07) is 7.34. The van der Waals surface area contributed by atoms with Gasteiger partial charge in [-0.1, -0.05) is 29.8 Å². The van der Waals surface area contributed by atoms with Crippen LogP contribution in [0, 0.1) is 6.92 Å². The first-order valence-electron chi connectivity index (χ1n) is 5.49. The molecule has 1 atom stereocenters. The molecule has 0 heterocycles. The van der Waals surface area contributed by atoms with Gasteiger partial charge in [-0.25, -0.2) is 0 Å². The number of hydrogen-bond acceptors (Lipinski definition) is 2. The molecule has 0 amide bonds. The van der Waals surface area contributed by atoms with Crippen molar-refractivity contribution in [2.24, 2.45) is 5.84 Å². The van der Waals surface area contributed by atoms with Gasteiger partial charge in [0.25, 0.3) is 0 Å². The Morgan fingerprint density at radius 3 is 2.59 bits per heavy atom. The molecule has 17 heavy (non-hydrogen) atoms. The second-order valence-corrected chi connectivity index (χ2v) is 4.21. The minimum absolute atomic E-state index is 0.00601. The van der Waals surface area contributed by atoms with Crippen molar-refractivity contribution in [3.05, 3.63) is 35.4 Å². The van der Waals surface area contributed by atoms with Gasteiger partial charge in [-0.3, -0.25) is 11.3 Å². The van der Waals surface area contributed by atoms with Crippen LogP contribution in [0.4, 0.5) is 13.2 Å². The average molecular weight is 246 g/mol. The van der Waals surface area contributed by atoms with Crippen LogP contribution in [0.15, 0.2) is 24.3 Å². The first-order chi connectivity index (χ1) is 7.90. The summed E-state index contributed by atoms with van der Waals surface area (Å²) in [4.78, 5) is 0. The largest absolute Gasteiger partial charge is 0.389 e. The van der Waals surface area contributed by atoms with Crippen molar-refractivity contribution in [3.63, 3.8) is 0 Å². The van der Waals surface area contributed by atoms with Crippen molar-refractivity contribution < 1.29 is 13.2 Å². The van der Waals surface area contributed by atoms with Crippen LogP contribution in [0.25, 0.3) is 0 Å². The maximum absolute atomic E-state index is 12.1. The molecule has 1 aromatic rings. The van der Waals surface area contributed by atoms with Gasteiger partial charge < -0.3 is 0 Å². The maximum Gasteiger partial charge on any atom is 0.389 e. The SMILES string of the molecule is Cc1cccc(CC(CCC(F)(F)F)NN)c1. The second kappa shape index (κ2) is 6.02.